The lowest BCUT2D eigenvalue weighted by atomic mass is 10.1. The van der Waals surface area contributed by atoms with Gasteiger partial charge in [0, 0.05) is 18.8 Å². The second-order valence-electron chi connectivity index (χ2n) is 8.62. The van der Waals surface area contributed by atoms with Gasteiger partial charge in [0.25, 0.3) is 16.0 Å². The molecule has 2 aromatic rings. The number of rotatable bonds is 6. The van der Waals surface area contributed by atoms with Crippen LogP contribution in [0.25, 0.3) is 0 Å². The number of carbonyl (C=O) groups is 1. The van der Waals surface area contributed by atoms with E-state index in [4.69, 9.17) is 14.0 Å². The van der Waals surface area contributed by atoms with Crippen LogP contribution in [0.3, 0.4) is 0 Å². The monoisotopic (exact) mass is 493 g/mol. The summed E-state index contributed by atoms with van der Waals surface area (Å²) in [6.07, 6.45) is 3.24. The molecule has 0 unspecified atom stereocenters. The third-order valence-electron chi connectivity index (χ3n) is 5.43. The molecule has 3 heterocycles. The summed E-state index contributed by atoms with van der Waals surface area (Å²) in [6, 6.07) is 7.41. The van der Waals surface area contributed by atoms with Crippen LogP contribution in [0, 0.1) is 12.8 Å². The molecule has 1 fully saturated rings. The van der Waals surface area contributed by atoms with Gasteiger partial charge in [-0.1, -0.05) is 31.5 Å². The van der Waals surface area contributed by atoms with Gasteiger partial charge >= 0.3 is 0 Å². The first-order valence-corrected chi connectivity index (χ1v) is 12.6. The molecule has 34 heavy (non-hydrogen) atoms. The highest BCUT2D eigenvalue weighted by Gasteiger charge is 2.36. The average molecular weight is 494 g/mol. The van der Waals surface area contributed by atoms with Crippen LogP contribution in [0.15, 0.2) is 46.2 Å². The third kappa shape index (κ3) is 6.37. The maximum atomic E-state index is 12.8. The summed E-state index contributed by atoms with van der Waals surface area (Å²) < 4.78 is 42.2. The van der Waals surface area contributed by atoms with Gasteiger partial charge in [0.1, 0.15) is 6.17 Å². The van der Waals surface area contributed by atoms with Gasteiger partial charge in [-0.05, 0) is 37.8 Å². The number of morpholine rings is 1. The van der Waals surface area contributed by atoms with Gasteiger partial charge in [0.05, 0.1) is 24.7 Å². The highest BCUT2D eigenvalue weighted by molar-refractivity contribution is 7.85. The van der Waals surface area contributed by atoms with Gasteiger partial charge in [0.15, 0.2) is 11.4 Å². The minimum atomic E-state index is -4.02. The Morgan fingerprint density at radius 1 is 1.21 bits per heavy atom. The molecule has 1 amide bonds. The van der Waals surface area contributed by atoms with Gasteiger partial charge in [-0.3, -0.25) is 18.8 Å². The first-order chi connectivity index (χ1) is 16.1. The van der Waals surface area contributed by atoms with Crippen molar-refractivity contribution in [3.8, 4) is 5.75 Å². The number of amides is 1. The number of nitrogens with zero attached hydrogens (tertiary/aromatic N) is 2. The van der Waals surface area contributed by atoms with E-state index in [1.807, 2.05) is 6.92 Å². The molecule has 0 aliphatic carbocycles. The lowest BCUT2D eigenvalue weighted by Crippen LogP contribution is -2.59. The molecule has 0 spiro atoms. The van der Waals surface area contributed by atoms with Crippen molar-refractivity contribution in [2.75, 3.05) is 31.8 Å². The Hall–Kier alpha value is -2.89. The molecule has 4 rings (SSSR count). The van der Waals surface area contributed by atoms with E-state index in [1.54, 1.807) is 27.9 Å². The molecule has 10 nitrogen and oxygen atoms in total. The summed E-state index contributed by atoms with van der Waals surface area (Å²) in [5, 5.41) is 0. The smallest absolute Gasteiger partial charge is 0.294 e. The largest absolute Gasteiger partial charge is 0.487 e. The number of hydrogen-bond acceptors (Lipinski definition) is 7. The lowest BCUT2D eigenvalue weighted by molar-refractivity contribution is -0.00324. The summed E-state index contributed by atoms with van der Waals surface area (Å²) in [6.45, 7) is 8.01. The molecule has 1 aromatic heterocycles. The van der Waals surface area contributed by atoms with E-state index >= 15 is 0 Å². The number of aryl methyl sites for hydroxylation is 1. The number of pyridine rings is 1. The van der Waals surface area contributed by atoms with Crippen LogP contribution in [-0.2, 0) is 14.9 Å². The molecule has 1 atom stereocenters. The highest BCUT2D eigenvalue weighted by Crippen LogP contribution is 2.22. The summed E-state index contributed by atoms with van der Waals surface area (Å²) in [5.41, 5.74) is 4.16. The van der Waals surface area contributed by atoms with Gasteiger partial charge in [-0.2, -0.15) is 8.42 Å². The van der Waals surface area contributed by atoms with E-state index in [-0.39, 0.29) is 33.8 Å². The standard InChI is InChI=1S/C16H23N3O4.C7H8O3S/c1-11(2)4-3-8-23-15-12(20)5-6-19-14(15)16(21)18-7-9-22-10-13(18)17-19;1-6-2-4-7(5-3-6)11(8,9)10/h5-6,11,13,17H,3-4,7-10H2,1-2H3;2-5H,1H3,(H,8,9,10)/t13-;/m0./s1. The molecule has 0 radical (unpaired) electrons. The first kappa shape index (κ1) is 25.7. The maximum absolute atomic E-state index is 12.8. The van der Waals surface area contributed by atoms with Crippen LogP contribution in [0.4, 0.5) is 0 Å². The number of fused-ring (bicyclic) bond motifs is 2. The SMILES string of the molecule is CC(C)CCCOc1c2n(ccc1=O)N[C@@H]1COCCN1C2=O.Cc1ccc(S(=O)(=O)O)cc1. The number of nitrogens with one attached hydrogen (secondary N) is 1. The van der Waals surface area contributed by atoms with E-state index < -0.39 is 10.1 Å². The van der Waals surface area contributed by atoms with Crippen LogP contribution in [0.2, 0.25) is 0 Å². The summed E-state index contributed by atoms with van der Waals surface area (Å²) in [5.74, 6) is 0.536. The van der Waals surface area contributed by atoms with Crippen LogP contribution < -0.4 is 15.6 Å². The predicted octanol–water partition coefficient (Wildman–Crippen LogP) is 2.26. The van der Waals surface area contributed by atoms with E-state index in [1.165, 1.54) is 18.2 Å². The Balaban J connectivity index is 0.000000248. The number of benzene rings is 1. The normalized spacial score (nSPS) is 17.3. The van der Waals surface area contributed by atoms with Gasteiger partial charge in [0.2, 0.25) is 5.43 Å². The van der Waals surface area contributed by atoms with Crippen LogP contribution in [0.1, 0.15) is 42.7 Å². The fourth-order valence-electron chi connectivity index (χ4n) is 3.59. The molecule has 2 aliphatic rings. The Labute approximate surface area is 199 Å². The van der Waals surface area contributed by atoms with Crippen molar-refractivity contribution in [2.24, 2.45) is 5.92 Å². The molecule has 0 saturated carbocycles. The van der Waals surface area contributed by atoms with E-state index in [2.05, 4.69) is 19.3 Å². The average Bonchev–Trinajstić information content (AvgIpc) is 2.78. The van der Waals surface area contributed by atoms with Crippen molar-refractivity contribution >= 4 is 16.0 Å². The fraction of sp³-hybridized carbons (Fsp3) is 0.478. The number of hydrogen-bond donors (Lipinski definition) is 2. The molecular formula is C23H31N3O7S. The first-order valence-electron chi connectivity index (χ1n) is 11.2. The van der Waals surface area contributed by atoms with Crippen molar-refractivity contribution < 1.29 is 27.2 Å². The highest BCUT2D eigenvalue weighted by atomic mass is 32.2. The Kier molecular flexibility index (Phi) is 8.34. The molecule has 11 heteroatoms. The number of carbonyl (C=O) groups excluding carboxylic acids is 1. The van der Waals surface area contributed by atoms with Gasteiger partial charge < -0.3 is 19.8 Å². The van der Waals surface area contributed by atoms with E-state index in [9.17, 15) is 18.0 Å². The zero-order chi connectivity index (χ0) is 24.9. The van der Waals surface area contributed by atoms with E-state index in [0.717, 1.165) is 18.4 Å². The zero-order valence-corrected chi connectivity index (χ0v) is 20.4. The molecule has 1 saturated heterocycles. The summed E-state index contributed by atoms with van der Waals surface area (Å²) in [4.78, 5) is 26.5. The quantitative estimate of drug-likeness (QED) is 0.463. The van der Waals surface area contributed by atoms with Crippen LogP contribution >= 0.6 is 0 Å². The maximum Gasteiger partial charge on any atom is 0.294 e. The number of aromatic nitrogens is 1. The van der Waals surface area contributed by atoms with Gasteiger partial charge in [-0.15, -0.1) is 0 Å². The Morgan fingerprint density at radius 3 is 2.56 bits per heavy atom. The summed E-state index contributed by atoms with van der Waals surface area (Å²) in [7, 11) is -4.02. The van der Waals surface area contributed by atoms with Crippen molar-refractivity contribution in [3.63, 3.8) is 0 Å². The third-order valence-corrected chi connectivity index (χ3v) is 6.29. The molecule has 2 N–H and O–H groups in total. The van der Waals surface area contributed by atoms with Crippen molar-refractivity contribution in [3.05, 3.63) is 58.0 Å². The Morgan fingerprint density at radius 2 is 1.91 bits per heavy atom. The fourth-order valence-corrected chi connectivity index (χ4v) is 4.07. The zero-order valence-electron chi connectivity index (χ0n) is 19.6. The van der Waals surface area contributed by atoms with Gasteiger partial charge in [-0.25, -0.2) is 0 Å². The topological polar surface area (TPSA) is 127 Å². The van der Waals surface area contributed by atoms with E-state index in [0.29, 0.717) is 32.3 Å². The lowest BCUT2D eigenvalue weighted by Gasteiger charge is -2.41. The minimum absolute atomic E-state index is 0.0666. The summed E-state index contributed by atoms with van der Waals surface area (Å²) >= 11 is 0. The number of ether oxygens (including phenoxy) is 2. The Bertz CT molecular complexity index is 1160. The van der Waals surface area contributed by atoms with Crippen molar-refractivity contribution in [1.82, 2.24) is 9.58 Å². The molecular weight excluding hydrogens is 462 g/mol. The minimum Gasteiger partial charge on any atom is -0.487 e. The van der Waals surface area contributed by atoms with Crippen molar-refractivity contribution in [1.29, 1.82) is 0 Å². The molecule has 1 aromatic carbocycles. The second kappa shape index (κ2) is 11.0. The molecule has 2 aliphatic heterocycles. The van der Waals surface area contributed by atoms with Crippen molar-refractivity contribution in [2.45, 2.75) is 44.7 Å². The molecule has 0 bridgehead atoms. The molecule has 186 valence electrons. The van der Waals surface area contributed by atoms with Crippen LogP contribution in [-0.4, -0.2) is 61.0 Å². The second-order valence-corrected chi connectivity index (χ2v) is 10.0. The predicted molar refractivity (Wildman–Crippen MR) is 126 cm³/mol. The van der Waals surface area contributed by atoms with Crippen LogP contribution in [0.5, 0.6) is 5.75 Å².